The summed E-state index contributed by atoms with van der Waals surface area (Å²) in [5.74, 6) is -0.462. The first-order chi connectivity index (χ1) is 6.22. The van der Waals surface area contributed by atoms with Gasteiger partial charge in [-0.05, 0) is 6.92 Å². The summed E-state index contributed by atoms with van der Waals surface area (Å²) in [4.78, 5) is 10.8. The SMILES string of the molecule is CCOCCOCC(N)C(=O)OC. The van der Waals surface area contributed by atoms with Crippen LogP contribution in [0.3, 0.4) is 0 Å². The lowest BCUT2D eigenvalue weighted by Gasteiger charge is -2.09. The lowest BCUT2D eigenvalue weighted by atomic mass is 10.3. The number of nitrogens with two attached hydrogens (primary N) is 1. The summed E-state index contributed by atoms with van der Waals surface area (Å²) < 4.78 is 14.5. The number of methoxy groups -OCH3 is 1. The van der Waals surface area contributed by atoms with Crippen molar-refractivity contribution in [3.63, 3.8) is 0 Å². The first-order valence-electron chi connectivity index (χ1n) is 4.21. The highest BCUT2D eigenvalue weighted by molar-refractivity contribution is 5.75. The summed E-state index contributed by atoms with van der Waals surface area (Å²) >= 11 is 0. The molecule has 5 nitrogen and oxygen atoms in total. The molecule has 0 spiro atoms. The van der Waals surface area contributed by atoms with E-state index in [1.165, 1.54) is 7.11 Å². The highest BCUT2D eigenvalue weighted by atomic mass is 16.5. The van der Waals surface area contributed by atoms with Gasteiger partial charge in [-0.1, -0.05) is 0 Å². The van der Waals surface area contributed by atoms with Crippen molar-refractivity contribution in [1.29, 1.82) is 0 Å². The summed E-state index contributed by atoms with van der Waals surface area (Å²) in [5, 5.41) is 0. The number of hydrogen-bond acceptors (Lipinski definition) is 5. The Morgan fingerprint density at radius 3 is 2.54 bits per heavy atom. The fraction of sp³-hybridized carbons (Fsp3) is 0.875. The topological polar surface area (TPSA) is 70.8 Å². The van der Waals surface area contributed by atoms with E-state index in [0.717, 1.165) is 0 Å². The lowest BCUT2D eigenvalue weighted by molar-refractivity contribution is -0.143. The van der Waals surface area contributed by atoms with Crippen LogP contribution in [0.2, 0.25) is 0 Å². The van der Waals surface area contributed by atoms with E-state index in [1.54, 1.807) is 0 Å². The van der Waals surface area contributed by atoms with E-state index in [0.29, 0.717) is 19.8 Å². The molecule has 1 unspecified atom stereocenters. The number of rotatable bonds is 7. The first-order valence-corrected chi connectivity index (χ1v) is 4.21. The molecule has 0 aromatic heterocycles. The molecule has 0 saturated heterocycles. The van der Waals surface area contributed by atoms with E-state index in [2.05, 4.69) is 4.74 Å². The molecule has 0 bridgehead atoms. The van der Waals surface area contributed by atoms with E-state index in [9.17, 15) is 4.79 Å². The van der Waals surface area contributed by atoms with Crippen LogP contribution in [0.25, 0.3) is 0 Å². The first kappa shape index (κ1) is 12.3. The molecular formula is C8H17NO4. The van der Waals surface area contributed by atoms with Crippen molar-refractivity contribution in [1.82, 2.24) is 0 Å². The second kappa shape index (κ2) is 7.97. The third-order valence-corrected chi connectivity index (χ3v) is 1.38. The lowest BCUT2D eigenvalue weighted by Crippen LogP contribution is -2.36. The fourth-order valence-electron chi connectivity index (χ4n) is 0.692. The minimum absolute atomic E-state index is 0.166. The van der Waals surface area contributed by atoms with E-state index >= 15 is 0 Å². The fourth-order valence-corrected chi connectivity index (χ4v) is 0.692. The third-order valence-electron chi connectivity index (χ3n) is 1.38. The Morgan fingerprint density at radius 1 is 1.38 bits per heavy atom. The Bertz CT molecular complexity index is 140. The van der Waals surface area contributed by atoms with Gasteiger partial charge in [-0.15, -0.1) is 0 Å². The Morgan fingerprint density at radius 2 is 2.00 bits per heavy atom. The van der Waals surface area contributed by atoms with Crippen LogP contribution in [0.15, 0.2) is 0 Å². The maximum Gasteiger partial charge on any atom is 0.325 e. The summed E-state index contributed by atoms with van der Waals surface area (Å²) in [7, 11) is 1.29. The molecule has 0 aliphatic rings. The number of carbonyl (C=O) groups excluding carboxylic acids is 1. The summed E-state index contributed by atoms with van der Waals surface area (Å²) in [6, 6.07) is -0.702. The van der Waals surface area contributed by atoms with Gasteiger partial charge in [-0.3, -0.25) is 4.79 Å². The molecule has 0 fully saturated rings. The molecule has 1 atom stereocenters. The van der Waals surface area contributed by atoms with Gasteiger partial charge in [0.1, 0.15) is 6.04 Å². The summed E-state index contributed by atoms with van der Waals surface area (Å²) in [5.41, 5.74) is 5.40. The largest absolute Gasteiger partial charge is 0.468 e. The summed E-state index contributed by atoms with van der Waals surface area (Å²) in [6.45, 7) is 3.69. The van der Waals surface area contributed by atoms with Gasteiger partial charge >= 0.3 is 5.97 Å². The molecule has 0 rings (SSSR count). The molecule has 0 saturated carbocycles. The van der Waals surface area contributed by atoms with E-state index < -0.39 is 12.0 Å². The van der Waals surface area contributed by atoms with Crippen molar-refractivity contribution in [2.75, 3.05) is 33.5 Å². The minimum atomic E-state index is -0.702. The van der Waals surface area contributed by atoms with E-state index in [1.807, 2.05) is 6.92 Å². The standard InChI is InChI=1S/C8H17NO4/c1-3-12-4-5-13-6-7(9)8(10)11-2/h7H,3-6,9H2,1-2H3. The summed E-state index contributed by atoms with van der Waals surface area (Å²) in [6.07, 6.45) is 0. The maximum absolute atomic E-state index is 10.8. The molecule has 78 valence electrons. The second-order valence-electron chi connectivity index (χ2n) is 2.40. The molecule has 0 aromatic carbocycles. The van der Waals surface area contributed by atoms with Crippen LogP contribution in [-0.2, 0) is 19.0 Å². The van der Waals surface area contributed by atoms with Gasteiger partial charge in [0.15, 0.2) is 0 Å². The monoisotopic (exact) mass is 191 g/mol. The van der Waals surface area contributed by atoms with Crippen molar-refractivity contribution in [3.05, 3.63) is 0 Å². The molecule has 0 radical (unpaired) electrons. The van der Waals surface area contributed by atoms with Gasteiger partial charge in [0, 0.05) is 6.61 Å². The predicted octanol–water partition coefficient (Wildman–Crippen LogP) is -0.460. The van der Waals surface area contributed by atoms with Crippen LogP contribution in [-0.4, -0.2) is 45.5 Å². The Labute approximate surface area is 78.1 Å². The minimum Gasteiger partial charge on any atom is -0.468 e. The molecule has 0 aliphatic carbocycles. The zero-order valence-corrected chi connectivity index (χ0v) is 8.12. The molecule has 0 amide bonds. The predicted molar refractivity (Wildman–Crippen MR) is 47.3 cm³/mol. The van der Waals surface area contributed by atoms with Gasteiger partial charge in [0.25, 0.3) is 0 Å². The number of hydrogen-bond donors (Lipinski definition) is 1. The van der Waals surface area contributed by atoms with Crippen molar-refractivity contribution in [2.45, 2.75) is 13.0 Å². The van der Waals surface area contributed by atoms with Crippen LogP contribution in [0.1, 0.15) is 6.92 Å². The highest BCUT2D eigenvalue weighted by Crippen LogP contribution is 1.86. The molecule has 13 heavy (non-hydrogen) atoms. The Kier molecular flexibility index (Phi) is 7.57. The Hall–Kier alpha value is -0.650. The molecule has 2 N–H and O–H groups in total. The maximum atomic E-state index is 10.8. The van der Waals surface area contributed by atoms with E-state index in [-0.39, 0.29) is 6.61 Å². The van der Waals surface area contributed by atoms with Crippen LogP contribution in [0.5, 0.6) is 0 Å². The Balaban J connectivity index is 3.26. The van der Waals surface area contributed by atoms with Crippen LogP contribution in [0, 0.1) is 0 Å². The smallest absolute Gasteiger partial charge is 0.325 e. The van der Waals surface area contributed by atoms with Gasteiger partial charge in [0.2, 0.25) is 0 Å². The van der Waals surface area contributed by atoms with Crippen molar-refractivity contribution in [3.8, 4) is 0 Å². The van der Waals surface area contributed by atoms with Gasteiger partial charge in [-0.2, -0.15) is 0 Å². The second-order valence-corrected chi connectivity index (χ2v) is 2.40. The van der Waals surface area contributed by atoms with Gasteiger partial charge in [-0.25, -0.2) is 0 Å². The van der Waals surface area contributed by atoms with Crippen molar-refractivity contribution < 1.29 is 19.0 Å². The molecular weight excluding hydrogens is 174 g/mol. The third kappa shape index (κ3) is 6.51. The average Bonchev–Trinajstić information content (AvgIpc) is 2.16. The van der Waals surface area contributed by atoms with Crippen LogP contribution in [0.4, 0.5) is 0 Å². The van der Waals surface area contributed by atoms with Crippen LogP contribution < -0.4 is 5.73 Å². The van der Waals surface area contributed by atoms with Gasteiger partial charge < -0.3 is 19.9 Å². The van der Waals surface area contributed by atoms with Crippen LogP contribution >= 0.6 is 0 Å². The number of ether oxygens (including phenoxy) is 3. The van der Waals surface area contributed by atoms with Gasteiger partial charge in [0.05, 0.1) is 26.9 Å². The molecule has 0 heterocycles. The van der Waals surface area contributed by atoms with Crippen molar-refractivity contribution in [2.24, 2.45) is 5.73 Å². The molecule has 0 aliphatic heterocycles. The number of carbonyl (C=O) groups is 1. The number of esters is 1. The van der Waals surface area contributed by atoms with Crippen molar-refractivity contribution >= 4 is 5.97 Å². The molecule has 0 aromatic rings. The zero-order valence-electron chi connectivity index (χ0n) is 8.12. The van der Waals surface area contributed by atoms with E-state index in [4.69, 9.17) is 15.2 Å². The zero-order chi connectivity index (χ0) is 10.1. The quantitative estimate of drug-likeness (QED) is 0.435. The average molecular weight is 191 g/mol. The normalized spacial score (nSPS) is 12.5. The highest BCUT2D eigenvalue weighted by Gasteiger charge is 2.12. The molecule has 5 heteroatoms.